The van der Waals surface area contributed by atoms with Gasteiger partial charge in [0.25, 0.3) is 0 Å². The molecule has 1 amide bonds. The summed E-state index contributed by atoms with van der Waals surface area (Å²) >= 11 is 0. The molecule has 1 fully saturated rings. The summed E-state index contributed by atoms with van der Waals surface area (Å²) in [5.74, 6) is 0.0898. The lowest BCUT2D eigenvalue weighted by Gasteiger charge is -2.32. The van der Waals surface area contributed by atoms with Crippen LogP contribution in [0.25, 0.3) is 0 Å². The van der Waals surface area contributed by atoms with Crippen molar-refractivity contribution >= 4 is 18.3 Å². The van der Waals surface area contributed by atoms with E-state index in [0.29, 0.717) is 13.0 Å². The molecule has 1 aliphatic rings. The number of amides is 1. The Bertz CT molecular complexity index is 436. The lowest BCUT2D eigenvalue weighted by molar-refractivity contribution is -0.124. The normalized spacial score (nSPS) is 21.4. The second-order valence-electron chi connectivity index (χ2n) is 5.37. The van der Waals surface area contributed by atoms with E-state index in [-0.39, 0.29) is 30.5 Å². The molecule has 1 aromatic rings. The van der Waals surface area contributed by atoms with Gasteiger partial charge in [0.1, 0.15) is 6.10 Å². The molecule has 2 N–H and O–H groups in total. The highest BCUT2D eigenvalue weighted by molar-refractivity contribution is 5.85. The molecule has 21 heavy (non-hydrogen) atoms. The maximum absolute atomic E-state index is 11.9. The number of hydrogen-bond acceptors (Lipinski definition) is 3. The highest BCUT2D eigenvalue weighted by Crippen LogP contribution is 2.28. The van der Waals surface area contributed by atoms with Crippen molar-refractivity contribution in [3.8, 4) is 0 Å². The van der Waals surface area contributed by atoms with Gasteiger partial charge in [0, 0.05) is 19.6 Å². The fourth-order valence-corrected chi connectivity index (χ4v) is 2.53. The third-order valence-corrected chi connectivity index (χ3v) is 3.68. The van der Waals surface area contributed by atoms with Crippen molar-refractivity contribution in [1.29, 1.82) is 0 Å². The van der Waals surface area contributed by atoms with E-state index in [1.807, 2.05) is 7.05 Å². The number of hydrogen-bond donors (Lipinski definition) is 2. The molecule has 118 valence electrons. The van der Waals surface area contributed by atoms with Crippen LogP contribution >= 0.6 is 12.4 Å². The van der Waals surface area contributed by atoms with Crippen LogP contribution in [0.1, 0.15) is 36.5 Å². The fourth-order valence-electron chi connectivity index (χ4n) is 2.53. The summed E-state index contributed by atoms with van der Waals surface area (Å²) in [5, 5.41) is 6.11. The summed E-state index contributed by atoms with van der Waals surface area (Å²) in [6.45, 7) is 3.54. The standard InChI is InChI=1S/C16H24N2O2.ClH/c1-12-5-7-13(8-6-12)16-14(4-3-11-20-16)18-15(19)9-10-17-2;/h5-8,14,16-17H,3-4,9-11H2,1-2H3,(H,18,19);1H. The van der Waals surface area contributed by atoms with Gasteiger partial charge in [-0.3, -0.25) is 4.79 Å². The van der Waals surface area contributed by atoms with Crippen LogP contribution < -0.4 is 10.6 Å². The minimum Gasteiger partial charge on any atom is -0.371 e. The predicted molar refractivity (Wildman–Crippen MR) is 86.8 cm³/mol. The first-order chi connectivity index (χ1) is 9.70. The molecule has 1 aromatic carbocycles. The van der Waals surface area contributed by atoms with E-state index in [1.54, 1.807) is 0 Å². The van der Waals surface area contributed by atoms with Crippen LogP contribution in [0, 0.1) is 6.92 Å². The van der Waals surface area contributed by atoms with E-state index >= 15 is 0 Å². The van der Waals surface area contributed by atoms with Gasteiger partial charge in [0.15, 0.2) is 0 Å². The molecular weight excluding hydrogens is 288 g/mol. The Kier molecular flexibility index (Phi) is 7.72. The summed E-state index contributed by atoms with van der Waals surface area (Å²) in [4.78, 5) is 11.9. The molecule has 0 aliphatic carbocycles. The molecular formula is C16H25ClN2O2. The Hall–Kier alpha value is -1.10. The van der Waals surface area contributed by atoms with Gasteiger partial charge in [-0.1, -0.05) is 29.8 Å². The molecule has 2 rings (SSSR count). The summed E-state index contributed by atoms with van der Waals surface area (Å²) in [6, 6.07) is 8.45. The number of carbonyl (C=O) groups excluding carboxylic acids is 1. The van der Waals surface area contributed by atoms with Gasteiger partial charge in [-0.25, -0.2) is 0 Å². The van der Waals surface area contributed by atoms with Crippen LogP contribution in [0.15, 0.2) is 24.3 Å². The van der Waals surface area contributed by atoms with Crippen molar-refractivity contribution in [3.05, 3.63) is 35.4 Å². The summed E-state index contributed by atoms with van der Waals surface area (Å²) in [5.41, 5.74) is 2.38. The lowest BCUT2D eigenvalue weighted by Crippen LogP contribution is -2.43. The molecule has 0 bridgehead atoms. The molecule has 0 radical (unpaired) electrons. The maximum Gasteiger partial charge on any atom is 0.221 e. The Morgan fingerprint density at radius 2 is 2.05 bits per heavy atom. The SMILES string of the molecule is CNCCC(=O)NC1CCCOC1c1ccc(C)cc1.Cl. The number of aryl methyl sites for hydroxylation is 1. The van der Waals surface area contributed by atoms with Crippen LogP contribution in [-0.2, 0) is 9.53 Å². The van der Waals surface area contributed by atoms with Crippen molar-refractivity contribution in [2.75, 3.05) is 20.2 Å². The first kappa shape index (κ1) is 18.0. The third-order valence-electron chi connectivity index (χ3n) is 3.68. The van der Waals surface area contributed by atoms with Crippen LogP contribution in [0.4, 0.5) is 0 Å². The predicted octanol–water partition coefficient (Wildman–Crippen LogP) is 2.36. The van der Waals surface area contributed by atoms with E-state index in [0.717, 1.165) is 25.0 Å². The second-order valence-corrected chi connectivity index (χ2v) is 5.37. The molecule has 0 aromatic heterocycles. The van der Waals surface area contributed by atoms with Gasteiger partial charge in [-0.2, -0.15) is 0 Å². The average Bonchev–Trinajstić information content (AvgIpc) is 2.47. The van der Waals surface area contributed by atoms with Gasteiger partial charge < -0.3 is 15.4 Å². The zero-order valence-corrected chi connectivity index (χ0v) is 13.5. The van der Waals surface area contributed by atoms with Gasteiger partial charge in [-0.05, 0) is 32.4 Å². The van der Waals surface area contributed by atoms with E-state index in [4.69, 9.17) is 4.74 Å². The van der Waals surface area contributed by atoms with E-state index in [1.165, 1.54) is 5.56 Å². The van der Waals surface area contributed by atoms with Gasteiger partial charge in [-0.15, -0.1) is 12.4 Å². The first-order valence-electron chi connectivity index (χ1n) is 7.33. The van der Waals surface area contributed by atoms with Crippen molar-refractivity contribution in [3.63, 3.8) is 0 Å². The minimum absolute atomic E-state index is 0. The van der Waals surface area contributed by atoms with E-state index in [9.17, 15) is 4.79 Å². The maximum atomic E-state index is 11.9. The number of benzene rings is 1. The number of carbonyl (C=O) groups is 1. The molecule has 5 heteroatoms. The number of ether oxygens (including phenoxy) is 1. The summed E-state index contributed by atoms with van der Waals surface area (Å²) in [6.07, 6.45) is 2.46. The Morgan fingerprint density at radius 3 is 2.71 bits per heavy atom. The molecule has 1 heterocycles. The zero-order chi connectivity index (χ0) is 14.4. The molecule has 0 saturated carbocycles. The first-order valence-corrected chi connectivity index (χ1v) is 7.33. The van der Waals surface area contributed by atoms with Crippen molar-refractivity contribution in [1.82, 2.24) is 10.6 Å². The Labute approximate surface area is 133 Å². The van der Waals surface area contributed by atoms with E-state index < -0.39 is 0 Å². The van der Waals surface area contributed by atoms with Gasteiger partial charge in [0.2, 0.25) is 5.91 Å². The summed E-state index contributed by atoms with van der Waals surface area (Å²) in [7, 11) is 1.85. The topological polar surface area (TPSA) is 50.4 Å². The van der Waals surface area contributed by atoms with Crippen LogP contribution in [0.3, 0.4) is 0 Å². The van der Waals surface area contributed by atoms with Gasteiger partial charge in [0.05, 0.1) is 6.04 Å². The highest BCUT2D eigenvalue weighted by atomic mass is 35.5. The largest absolute Gasteiger partial charge is 0.371 e. The zero-order valence-electron chi connectivity index (χ0n) is 12.7. The number of rotatable bonds is 5. The van der Waals surface area contributed by atoms with Crippen molar-refractivity contribution < 1.29 is 9.53 Å². The highest BCUT2D eigenvalue weighted by Gasteiger charge is 2.28. The molecule has 4 nitrogen and oxygen atoms in total. The van der Waals surface area contributed by atoms with Crippen LogP contribution in [0.5, 0.6) is 0 Å². The van der Waals surface area contributed by atoms with Crippen molar-refractivity contribution in [2.24, 2.45) is 0 Å². The average molecular weight is 313 g/mol. The molecule has 2 unspecified atom stereocenters. The van der Waals surface area contributed by atoms with Gasteiger partial charge >= 0.3 is 0 Å². The quantitative estimate of drug-likeness (QED) is 0.877. The number of halogens is 1. The lowest BCUT2D eigenvalue weighted by atomic mass is 9.95. The number of nitrogens with one attached hydrogen (secondary N) is 2. The third kappa shape index (κ3) is 5.30. The monoisotopic (exact) mass is 312 g/mol. The van der Waals surface area contributed by atoms with E-state index in [2.05, 4.69) is 41.8 Å². The molecule has 2 atom stereocenters. The fraction of sp³-hybridized carbons (Fsp3) is 0.562. The Morgan fingerprint density at radius 1 is 1.33 bits per heavy atom. The molecule has 0 spiro atoms. The molecule has 1 saturated heterocycles. The Balaban J connectivity index is 0.00000220. The van der Waals surface area contributed by atoms with Crippen molar-refractivity contribution in [2.45, 2.75) is 38.3 Å². The second kappa shape index (κ2) is 9.03. The minimum atomic E-state index is -0.0251. The summed E-state index contributed by atoms with van der Waals surface area (Å²) < 4.78 is 5.89. The smallest absolute Gasteiger partial charge is 0.221 e. The van der Waals surface area contributed by atoms with Crippen LogP contribution in [0.2, 0.25) is 0 Å². The van der Waals surface area contributed by atoms with Crippen LogP contribution in [-0.4, -0.2) is 32.1 Å². The molecule has 1 aliphatic heterocycles.